The molecule has 0 radical (unpaired) electrons. The third kappa shape index (κ3) is 5.84. The van der Waals surface area contributed by atoms with E-state index in [1.165, 1.54) is 87.3 Å². The topological polar surface area (TPSA) is 62.9 Å². The number of rotatable bonds is 6. The first-order valence-corrected chi connectivity index (χ1v) is 24.1. The predicted octanol–water partition coefficient (Wildman–Crippen LogP) is 17.3. The summed E-state index contributed by atoms with van der Waals surface area (Å²) in [6.07, 6.45) is 0. The molecule has 9 aromatic carbocycles. The Morgan fingerprint density at radius 2 is 0.729 bits per heavy atom. The monoisotopic (exact) mass is 900 g/mol. The van der Waals surface area contributed by atoms with Crippen LogP contribution in [0, 0.1) is 22.7 Å². The zero-order chi connectivity index (χ0) is 47.8. The van der Waals surface area contributed by atoms with Crippen LogP contribution < -0.4 is 9.80 Å². The van der Waals surface area contributed by atoms with Crippen LogP contribution in [0.5, 0.6) is 0 Å². The first kappa shape index (κ1) is 41.4. The van der Waals surface area contributed by atoms with Gasteiger partial charge >= 0.3 is 0 Å². The summed E-state index contributed by atoms with van der Waals surface area (Å²) in [5.41, 5.74) is 17.0. The third-order valence-corrected chi connectivity index (χ3v) is 14.6. The fourth-order valence-electron chi connectivity index (χ4n) is 11.6. The molecule has 13 aromatic rings. The van der Waals surface area contributed by atoms with Crippen molar-refractivity contribution in [3.63, 3.8) is 0 Å². The molecule has 0 atom stereocenters. The minimum Gasteiger partial charge on any atom is -0.310 e. The molecule has 70 heavy (non-hydrogen) atoms. The second-order valence-electron chi connectivity index (χ2n) is 20.8. The number of fused-ring (bicyclic) bond motifs is 12. The first-order valence-electron chi connectivity index (χ1n) is 24.1. The SMILES string of the molecule is CC(C)(C)c1cccc2c3c(N(c4ccccc4)c4ccc(C#N)cc4)ccc4c5cc6c(cc5n(c12)c43)c1ccc(N(c2ccccc2)c2ccc(C#N)cc2)c2c3cccc(C(C)(C)C)c3n6c12. The highest BCUT2D eigenvalue weighted by atomic mass is 15.2. The molecule has 0 N–H and O–H groups in total. The van der Waals surface area contributed by atoms with Gasteiger partial charge in [-0.25, -0.2) is 0 Å². The summed E-state index contributed by atoms with van der Waals surface area (Å²) in [6.45, 7) is 13.9. The van der Waals surface area contributed by atoms with E-state index in [9.17, 15) is 10.5 Å². The lowest BCUT2D eigenvalue weighted by Crippen LogP contribution is -2.12. The molecule has 4 heterocycles. The van der Waals surface area contributed by atoms with Gasteiger partial charge in [-0.15, -0.1) is 0 Å². The van der Waals surface area contributed by atoms with Gasteiger partial charge in [0.15, 0.2) is 0 Å². The van der Waals surface area contributed by atoms with Crippen LogP contribution >= 0.6 is 0 Å². The fourth-order valence-corrected chi connectivity index (χ4v) is 11.6. The van der Waals surface area contributed by atoms with Crippen molar-refractivity contribution in [3.8, 4) is 12.1 Å². The number of hydrogen-bond acceptors (Lipinski definition) is 4. The van der Waals surface area contributed by atoms with E-state index in [1.807, 2.05) is 24.3 Å². The van der Waals surface area contributed by atoms with Crippen LogP contribution in [0.25, 0.3) is 76.2 Å². The van der Waals surface area contributed by atoms with Gasteiger partial charge in [0, 0.05) is 65.8 Å². The van der Waals surface area contributed by atoms with E-state index in [0.29, 0.717) is 11.1 Å². The summed E-state index contributed by atoms with van der Waals surface area (Å²) in [5, 5.41) is 29.2. The molecule has 0 saturated heterocycles. The van der Waals surface area contributed by atoms with E-state index in [4.69, 9.17) is 0 Å². The van der Waals surface area contributed by atoms with Gasteiger partial charge in [0.25, 0.3) is 0 Å². The minimum atomic E-state index is -0.151. The Bertz CT molecular complexity index is 4020. The Morgan fingerprint density at radius 3 is 1.09 bits per heavy atom. The quantitative estimate of drug-likeness (QED) is 0.167. The summed E-state index contributed by atoms with van der Waals surface area (Å²) < 4.78 is 5.14. The van der Waals surface area contributed by atoms with Crippen LogP contribution in [-0.4, -0.2) is 8.80 Å². The molecule has 0 saturated carbocycles. The second kappa shape index (κ2) is 14.8. The maximum Gasteiger partial charge on any atom is 0.0991 e. The van der Waals surface area contributed by atoms with E-state index in [1.54, 1.807) is 0 Å². The van der Waals surface area contributed by atoms with Crippen LogP contribution in [-0.2, 0) is 10.8 Å². The number of hydrogen-bond donors (Lipinski definition) is 0. The number of anilines is 6. The van der Waals surface area contributed by atoms with Crippen LogP contribution in [0.3, 0.4) is 0 Å². The molecule has 13 rings (SSSR count). The van der Waals surface area contributed by atoms with Crippen molar-refractivity contribution in [2.24, 2.45) is 0 Å². The third-order valence-electron chi connectivity index (χ3n) is 14.6. The average molecular weight is 901 g/mol. The number of benzene rings is 9. The van der Waals surface area contributed by atoms with Crippen molar-refractivity contribution >= 4 is 110 Å². The second-order valence-corrected chi connectivity index (χ2v) is 20.8. The number of nitriles is 2. The van der Waals surface area contributed by atoms with Gasteiger partial charge in [0.2, 0.25) is 0 Å². The predicted molar refractivity (Wildman–Crippen MR) is 292 cm³/mol. The smallest absolute Gasteiger partial charge is 0.0991 e. The summed E-state index contributed by atoms with van der Waals surface area (Å²) in [4.78, 5) is 4.69. The molecule has 334 valence electrons. The lowest BCUT2D eigenvalue weighted by molar-refractivity contribution is 0.594. The van der Waals surface area contributed by atoms with Crippen LogP contribution in [0.2, 0.25) is 0 Å². The van der Waals surface area contributed by atoms with Crippen LogP contribution in [0.1, 0.15) is 63.8 Å². The maximum atomic E-state index is 9.78. The Morgan fingerprint density at radius 1 is 0.357 bits per heavy atom. The standard InChI is InChI=1S/C64H48N6/c1-63(2,3)51-21-13-19-47-57-53(67(41-15-9-7-10-16-41)43-27-23-39(37-65)24-28-43)33-31-45-49-36-56-50(35-55(49)69(59(47)51)61(45)57)46-32-34-54(58-48-20-14-22-52(64(4,5)6)60(48)70(56)62(46)58)68(42-17-11-8-12-18-42)44-29-25-40(38-66)26-30-44/h7-36H,1-6H3. The van der Waals surface area contributed by atoms with Crippen molar-refractivity contribution in [1.29, 1.82) is 10.5 Å². The van der Waals surface area contributed by atoms with Crippen molar-refractivity contribution in [3.05, 3.63) is 204 Å². The summed E-state index contributed by atoms with van der Waals surface area (Å²) in [6, 6.07) is 69.6. The van der Waals surface area contributed by atoms with Gasteiger partial charge in [-0.3, -0.25) is 0 Å². The van der Waals surface area contributed by atoms with Crippen LogP contribution in [0.4, 0.5) is 34.1 Å². The summed E-state index contributed by atoms with van der Waals surface area (Å²) in [5.74, 6) is 0. The number of aromatic nitrogens is 2. The molecule has 0 spiro atoms. The van der Waals surface area contributed by atoms with E-state index >= 15 is 0 Å². The van der Waals surface area contributed by atoms with Crippen LogP contribution in [0.15, 0.2) is 182 Å². The lowest BCUT2D eigenvalue weighted by atomic mass is 9.85. The van der Waals surface area contributed by atoms with Crippen molar-refractivity contribution in [2.45, 2.75) is 52.4 Å². The normalized spacial score (nSPS) is 12.4. The Hall–Kier alpha value is -8.84. The summed E-state index contributed by atoms with van der Waals surface area (Å²) in [7, 11) is 0. The molecule has 0 amide bonds. The highest BCUT2D eigenvalue weighted by Crippen LogP contribution is 2.53. The molecule has 0 aliphatic rings. The molecule has 0 unspecified atom stereocenters. The molecule has 4 aromatic heterocycles. The molecule has 0 aliphatic carbocycles. The van der Waals surface area contributed by atoms with E-state index in [2.05, 4.69) is 230 Å². The van der Waals surface area contributed by atoms with Gasteiger partial charge in [-0.1, -0.05) is 126 Å². The van der Waals surface area contributed by atoms with E-state index in [0.717, 1.165) is 34.1 Å². The van der Waals surface area contributed by atoms with Gasteiger partial charge in [-0.2, -0.15) is 10.5 Å². The number of para-hydroxylation sites is 4. The number of nitrogens with zero attached hydrogens (tertiary/aromatic N) is 6. The molecular formula is C64H48N6. The Labute approximate surface area is 406 Å². The zero-order valence-electron chi connectivity index (χ0n) is 40.0. The van der Waals surface area contributed by atoms with Crippen molar-refractivity contribution in [2.75, 3.05) is 9.80 Å². The first-order chi connectivity index (χ1) is 33.9. The molecule has 0 bridgehead atoms. The van der Waals surface area contributed by atoms with Gasteiger partial charge in [0.1, 0.15) is 0 Å². The van der Waals surface area contributed by atoms with Gasteiger partial charge in [0.05, 0.1) is 67.7 Å². The fraction of sp³-hybridized carbons (Fsp3) is 0.125. The Balaban J connectivity index is 1.18. The zero-order valence-corrected chi connectivity index (χ0v) is 40.0. The highest BCUT2D eigenvalue weighted by Gasteiger charge is 2.31. The van der Waals surface area contributed by atoms with E-state index in [-0.39, 0.29) is 10.8 Å². The molecule has 6 heteroatoms. The van der Waals surface area contributed by atoms with Gasteiger partial charge < -0.3 is 18.6 Å². The van der Waals surface area contributed by atoms with Crippen molar-refractivity contribution in [1.82, 2.24) is 8.80 Å². The highest BCUT2D eigenvalue weighted by molar-refractivity contribution is 6.32. The maximum absolute atomic E-state index is 9.78. The summed E-state index contributed by atoms with van der Waals surface area (Å²) >= 11 is 0. The van der Waals surface area contributed by atoms with Gasteiger partial charge in [-0.05, 0) is 119 Å². The largest absolute Gasteiger partial charge is 0.310 e. The van der Waals surface area contributed by atoms with Crippen molar-refractivity contribution < 1.29 is 0 Å². The average Bonchev–Trinajstić information content (AvgIpc) is 4.10. The molecular weight excluding hydrogens is 853 g/mol. The van der Waals surface area contributed by atoms with E-state index < -0.39 is 0 Å². The minimum absolute atomic E-state index is 0.151. The lowest BCUT2D eigenvalue weighted by Gasteiger charge is -2.26. The Kier molecular flexibility index (Phi) is 8.76. The molecule has 6 nitrogen and oxygen atoms in total. The molecule has 0 fully saturated rings. The molecule has 0 aliphatic heterocycles.